The molecule has 0 unspecified atom stereocenters. The number of anilines is 2. The Bertz CT molecular complexity index is 1470. The minimum atomic E-state index is -3.38. The van der Waals surface area contributed by atoms with Crippen molar-refractivity contribution in [3.8, 4) is 11.3 Å². The Morgan fingerprint density at radius 3 is 2.76 bits per heavy atom. The van der Waals surface area contributed by atoms with Crippen LogP contribution in [0.5, 0.6) is 0 Å². The summed E-state index contributed by atoms with van der Waals surface area (Å²) < 4.78 is 26.1. The predicted molar refractivity (Wildman–Crippen MR) is 111 cm³/mol. The van der Waals surface area contributed by atoms with Crippen molar-refractivity contribution in [3.63, 3.8) is 0 Å². The minimum absolute atomic E-state index is 0.263. The topological polar surface area (TPSA) is 105 Å². The molecular formula is C20H16N6O2S. The highest BCUT2D eigenvalue weighted by atomic mass is 32.2. The van der Waals surface area contributed by atoms with Crippen molar-refractivity contribution in [2.45, 2.75) is 4.90 Å². The molecule has 0 radical (unpaired) electrons. The Labute approximate surface area is 166 Å². The Balaban J connectivity index is 1.59. The standard InChI is InChI=1S/C20H16N6O2S/c1-29(27,28)19-5-3-2-4-16(19)18-9-7-15-12-21-20(25-26(15)18)23-14-6-8-17-13(10-14)11-22-24-17/h2-12H,1H3,(H,22,24)(H,23,25). The molecule has 3 heterocycles. The van der Waals surface area contributed by atoms with Crippen LogP contribution in [0.3, 0.4) is 0 Å². The molecule has 2 aromatic carbocycles. The summed E-state index contributed by atoms with van der Waals surface area (Å²) in [5, 5.41) is 15.7. The number of benzene rings is 2. The van der Waals surface area contributed by atoms with Crippen LogP contribution >= 0.6 is 0 Å². The van der Waals surface area contributed by atoms with Crippen LogP contribution in [0.2, 0.25) is 0 Å². The minimum Gasteiger partial charge on any atom is -0.323 e. The van der Waals surface area contributed by atoms with Crippen LogP contribution in [0.15, 0.2) is 71.9 Å². The van der Waals surface area contributed by atoms with Gasteiger partial charge in [0.15, 0.2) is 9.84 Å². The number of rotatable bonds is 4. The van der Waals surface area contributed by atoms with Gasteiger partial charge in [-0.1, -0.05) is 18.2 Å². The number of H-pyrrole nitrogens is 1. The normalized spacial score (nSPS) is 11.9. The lowest BCUT2D eigenvalue weighted by Gasteiger charge is -2.09. The van der Waals surface area contributed by atoms with Crippen LogP contribution in [0.25, 0.3) is 27.7 Å². The average Bonchev–Trinajstić information content (AvgIpc) is 3.33. The second-order valence-electron chi connectivity index (χ2n) is 6.70. The second-order valence-corrected chi connectivity index (χ2v) is 8.69. The third kappa shape index (κ3) is 3.11. The van der Waals surface area contributed by atoms with Gasteiger partial charge in [-0.2, -0.15) is 5.10 Å². The van der Waals surface area contributed by atoms with Gasteiger partial charge in [0.05, 0.1) is 34.0 Å². The number of aromatic nitrogens is 5. The maximum absolute atomic E-state index is 12.2. The molecule has 0 atom stereocenters. The van der Waals surface area contributed by atoms with Crippen LogP contribution in [0, 0.1) is 0 Å². The van der Waals surface area contributed by atoms with Crippen molar-refractivity contribution in [1.29, 1.82) is 0 Å². The highest BCUT2D eigenvalue weighted by Gasteiger charge is 2.17. The van der Waals surface area contributed by atoms with Gasteiger partial charge in [0.2, 0.25) is 5.95 Å². The molecular weight excluding hydrogens is 388 g/mol. The molecule has 0 spiro atoms. The van der Waals surface area contributed by atoms with E-state index in [1.807, 2.05) is 36.4 Å². The van der Waals surface area contributed by atoms with E-state index in [2.05, 4.69) is 25.6 Å². The third-order valence-electron chi connectivity index (χ3n) is 4.66. The zero-order chi connectivity index (χ0) is 20.0. The van der Waals surface area contributed by atoms with Gasteiger partial charge in [-0.3, -0.25) is 5.10 Å². The molecule has 9 heteroatoms. The summed E-state index contributed by atoms with van der Waals surface area (Å²) in [5.74, 6) is 0.398. The first-order valence-corrected chi connectivity index (χ1v) is 10.7. The van der Waals surface area contributed by atoms with Crippen LogP contribution in [0.1, 0.15) is 0 Å². The third-order valence-corrected chi connectivity index (χ3v) is 5.81. The molecule has 144 valence electrons. The monoisotopic (exact) mass is 404 g/mol. The van der Waals surface area contributed by atoms with Crippen LogP contribution < -0.4 is 5.32 Å². The molecule has 29 heavy (non-hydrogen) atoms. The van der Waals surface area contributed by atoms with Crippen molar-refractivity contribution in [2.75, 3.05) is 11.6 Å². The molecule has 0 aliphatic rings. The van der Waals surface area contributed by atoms with E-state index in [-0.39, 0.29) is 4.90 Å². The van der Waals surface area contributed by atoms with E-state index in [1.165, 1.54) is 6.26 Å². The Morgan fingerprint density at radius 1 is 1.03 bits per heavy atom. The van der Waals surface area contributed by atoms with E-state index in [0.717, 1.165) is 22.1 Å². The maximum atomic E-state index is 12.2. The van der Waals surface area contributed by atoms with E-state index in [9.17, 15) is 8.42 Å². The van der Waals surface area contributed by atoms with E-state index >= 15 is 0 Å². The first kappa shape index (κ1) is 17.4. The highest BCUT2D eigenvalue weighted by Crippen LogP contribution is 2.29. The summed E-state index contributed by atoms with van der Waals surface area (Å²) in [7, 11) is -3.38. The first-order valence-electron chi connectivity index (χ1n) is 8.83. The van der Waals surface area contributed by atoms with E-state index in [0.29, 0.717) is 17.2 Å². The highest BCUT2D eigenvalue weighted by molar-refractivity contribution is 7.90. The number of hydrogen-bond donors (Lipinski definition) is 2. The van der Waals surface area contributed by atoms with Gasteiger partial charge < -0.3 is 5.32 Å². The maximum Gasteiger partial charge on any atom is 0.245 e. The van der Waals surface area contributed by atoms with Crippen LogP contribution in [-0.2, 0) is 9.84 Å². The molecule has 5 aromatic rings. The van der Waals surface area contributed by atoms with Gasteiger partial charge in [-0.15, -0.1) is 5.10 Å². The molecule has 0 aliphatic heterocycles. The summed E-state index contributed by atoms with van der Waals surface area (Å²) in [6.07, 6.45) is 4.64. The fourth-order valence-electron chi connectivity index (χ4n) is 3.31. The Morgan fingerprint density at radius 2 is 1.90 bits per heavy atom. The summed E-state index contributed by atoms with van der Waals surface area (Å²) >= 11 is 0. The van der Waals surface area contributed by atoms with Crippen molar-refractivity contribution < 1.29 is 8.42 Å². The molecule has 0 saturated carbocycles. The first-order chi connectivity index (χ1) is 14.0. The van der Waals surface area contributed by atoms with Crippen LogP contribution in [-0.4, -0.2) is 39.5 Å². The number of aromatic amines is 1. The van der Waals surface area contributed by atoms with Crippen molar-refractivity contribution in [2.24, 2.45) is 0 Å². The molecule has 0 amide bonds. The zero-order valence-electron chi connectivity index (χ0n) is 15.4. The van der Waals surface area contributed by atoms with Gasteiger partial charge in [-0.25, -0.2) is 17.9 Å². The van der Waals surface area contributed by atoms with Gasteiger partial charge in [-0.05, 0) is 36.4 Å². The molecule has 5 rings (SSSR count). The summed E-state index contributed by atoms with van der Waals surface area (Å²) in [6.45, 7) is 0. The largest absolute Gasteiger partial charge is 0.323 e. The van der Waals surface area contributed by atoms with E-state index in [1.54, 1.807) is 35.1 Å². The van der Waals surface area contributed by atoms with Crippen LogP contribution in [0.4, 0.5) is 11.6 Å². The van der Waals surface area contributed by atoms with Crippen molar-refractivity contribution in [1.82, 2.24) is 24.8 Å². The second kappa shape index (κ2) is 6.42. The van der Waals surface area contributed by atoms with Gasteiger partial charge in [0.25, 0.3) is 0 Å². The lowest BCUT2D eigenvalue weighted by molar-refractivity contribution is 0.602. The Hall–Kier alpha value is -3.72. The van der Waals surface area contributed by atoms with E-state index in [4.69, 9.17) is 0 Å². The molecule has 3 aromatic heterocycles. The summed E-state index contributed by atoms with van der Waals surface area (Å²) in [4.78, 5) is 4.63. The van der Waals surface area contributed by atoms with E-state index < -0.39 is 9.84 Å². The number of fused-ring (bicyclic) bond motifs is 2. The average molecular weight is 404 g/mol. The smallest absolute Gasteiger partial charge is 0.245 e. The molecule has 0 bridgehead atoms. The fourth-order valence-corrected chi connectivity index (χ4v) is 4.21. The van der Waals surface area contributed by atoms with Crippen molar-refractivity contribution in [3.05, 3.63) is 67.0 Å². The predicted octanol–water partition coefficient (Wildman–Crippen LogP) is 3.42. The molecule has 0 aliphatic carbocycles. The fraction of sp³-hybridized carbons (Fsp3) is 0.0500. The number of sulfone groups is 1. The Kier molecular flexibility index (Phi) is 3.85. The van der Waals surface area contributed by atoms with Gasteiger partial charge >= 0.3 is 0 Å². The van der Waals surface area contributed by atoms with Crippen molar-refractivity contribution >= 4 is 37.9 Å². The molecule has 0 saturated heterocycles. The number of hydrogen-bond acceptors (Lipinski definition) is 6. The molecule has 0 fully saturated rings. The number of nitrogens with one attached hydrogen (secondary N) is 2. The molecule has 8 nitrogen and oxygen atoms in total. The quantitative estimate of drug-likeness (QED) is 0.476. The van der Waals surface area contributed by atoms with Gasteiger partial charge in [0, 0.05) is 22.9 Å². The van der Waals surface area contributed by atoms with Gasteiger partial charge in [0.1, 0.15) is 0 Å². The molecule has 2 N–H and O–H groups in total. The lowest BCUT2D eigenvalue weighted by Crippen LogP contribution is -2.05. The summed E-state index contributed by atoms with van der Waals surface area (Å²) in [6, 6.07) is 16.4. The zero-order valence-corrected chi connectivity index (χ0v) is 16.2. The lowest BCUT2D eigenvalue weighted by atomic mass is 10.1. The number of nitrogens with zero attached hydrogens (tertiary/aromatic N) is 4. The summed E-state index contributed by atoms with van der Waals surface area (Å²) in [5.41, 5.74) is 3.80. The SMILES string of the molecule is CS(=O)(=O)c1ccccc1-c1ccc2cnc(Nc3ccc4[nH]ncc4c3)nn12.